The van der Waals surface area contributed by atoms with Gasteiger partial charge in [-0.15, -0.1) is 0 Å². The van der Waals surface area contributed by atoms with Crippen LogP contribution >= 0.6 is 0 Å². The lowest BCUT2D eigenvalue weighted by Gasteiger charge is -2.32. The molecule has 0 spiro atoms. The Balaban J connectivity index is 2.07. The van der Waals surface area contributed by atoms with Gasteiger partial charge in [0.25, 0.3) is 0 Å². The molecule has 2 fully saturated rings. The van der Waals surface area contributed by atoms with Crippen LogP contribution in [0.1, 0.15) is 25.7 Å². The van der Waals surface area contributed by atoms with Crippen LogP contribution in [0.3, 0.4) is 0 Å². The van der Waals surface area contributed by atoms with E-state index in [1.165, 1.54) is 0 Å². The molecule has 2 aliphatic heterocycles. The SMILES string of the molecule is CN1C2CCC1CC([N+](=O)[O-])C2. The van der Waals surface area contributed by atoms with E-state index in [-0.39, 0.29) is 11.0 Å². The summed E-state index contributed by atoms with van der Waals surface area (Å²) in [7, 11) is 2.10. The van der Waals surface area contributed by atoms with E-state index < -0.39 is 0 Å². The molecule has 2 bridgehead atoms. The van der Waals surface area contributed by atoms with Crippen LogP contribution in [-0.2, 0) is 0 Å². The molecule has 68 valence electrons. The number of hydrogen-bond donors (Lipinski definition) is 0. The van der Waals surface area contributed by atoms with Crippen molar-refractivity contribution in [3.05, 3.63) is 10.1 Å². The molecule has 0 amide bonds. The summed E-state index contributed by atoms with van der Waals surface area (Å²) < 4.78 is 0. The van der Waals surface area contributed by atoms with Crippen LogP contribution in [0, 0.1) is 10.1 Å². The molecule has 0 aromatic heterocycles. The Morgan fingerprint density at radius 3 is 2.25 bits per heavy atom. The van der Waals surface area contributed by atoms with Gasteiger partial charge in [-0.1, -0.05) is 0 Å². The summed E-state index contributed by atoms with van der Waals surface area (Å²) in [5, 5.41) is 10.6. The van der Waals surface area contributed by atoms with E-state index in [4.69, 9.17) is 0 Å². The van der Waals surface area contributed by atoms with Gasteiger partial charge in [0.2, 0.25) is 6.04 Å². The summed E-state index contributed by atoms with van der Waals surface area (Å²) in [5.41, 5.74) is 0. The highest BCUT2D eigenvalue weighted by Crippen LogP contribution is 2.34. The molecule has 2 unspecified atom stereocenters. The molecule has 0 saturated carbocycles. The maximum absolute atomic E-state index is 10.6. The Bertz CT molecular complexity index is 193. The lowest BCUT2D eigenvalue weighted by molar-refractivity contribution is -0.528. The topological polar surface area (TPSA) is 46.4 Å². The monoisotopic (exact) mass is 170 g/mol. The summed E-state index contributed by atoms with van der Waals surface area (Å²) in [5.74, 6) is 0. The van der Waals surface area contributed by atoms with Crippen molar-refractivity contribution in [3.63, 3.8) is 0 Å². The van der Waals surface area contributed by atoms with Crippen molar-refractivity contribution in [2.45, 2.75) is 43.8 Å². The summed E-state index contributed by atoms with van der Waals surface area (Å²) in [4.78, 5) is 12.8. The van der Waals surface area contributed by atoms with Gasteiger partial charge >= 0.3 is 0 Å². The average molecular weight is 170 g/mol. The van der Waals surface area contributed by atoms with E-state index >= 15 is 0 Å². The predicted octanol–water partition coefficient (Wildman–Crippen LogP) is 0.888. The number of rotatable bonds is 1. The molecule has 0 radical (unpaired) electrons. The van der Waals surface area contributed by atoms with Crippen LogP contribution in [0.5, 0.6) is 0 Å². The fraction of sp³-hybridized carbons (Fsp3) is 1.00. The van der Waals surface area contributed by atoms with Gasteiger partial charge in [0.05, 0.1) is 0 Å². The number of hydrogen-bond acceptors (Lipinski definition) is 3. The summed E-state index contributed by atoms with van der Waals surface area (Å²) in [6, 6.07) is 0.706. The van der Waals surface area contributed by atoms with Crippen molar-refractivity contribution in [2.75, 3.05) is 7.05 Å². The number of fused-ring (bicyclic) bond motifs is 2. The quantitative estimate of drug-likeness (QED) is 0.433. The first kappa shape index (κ1) is 7.98. The summed E-state index contributed by atoms with van der Waals surface area (Å²) in [6.07, 6.45) is 3.84. The summed E-state index contributed by atoms with van der Waals surface area (Å²) >= 11 is 0. The van der Waals surface area contributed by atoms with E-state index in [1.54, 1.807) is 0 Å². The van der Waals surface area contributed by atoms with Gasteiger partial charge in [-0.25, -0.2) is 0 Å². The van der Waals surface area contributed by atoms with Crippen molar-refractivity contribution < 1.29 is 4.92 Å². The molecule has 2 atom stereocenters. The lowest BCUT2D eigenvalue weighted by Crippen LogP contribution is -2.44. The van der Waals surface area contributed by atoms with Crippen molar-refractivity contribution in [2.24, 2.45) is 0 Å². The molecule has 2 aliphatic rings. The third-order valence-corrected chi connectivity index (χ3v) is 3.37. The Labute approximate surface area is 71.7 Å². The van der Waals surface area contributed by atoms with E-state index in [9.17, 15) is 10.1 Å². The third-order valence-electron chi connectivity index (χ3n) is 3.37. The second-order valence-electron chi connectivity index (χ2n) is 3.96. The molecule has 0 aromatic rings. The van der Waals surface area contributed by atoms with Crippen molar-refractivity contribution >= 4 is 0 Å². The second kappa shape index (κ2) is 2.69. The molecule has 2 rings (SSSR count). The van der Waals surface area contributed by atoms with Gasteiger partial charge in [-0.3, -0.25) is 15.0 Å². The zero-order valence-electron chi connectivity index (χ0n) is 7.27. The van der Waals surface area contributed by atoms with E-state index in [2.05, 4.69) is 11.9 Å². The lowest BCUT2D eigenvalue weighted by atomic mass is 9.99. The highest BCUT2D eigenvalue weighted by atomic mass is 16.6. The van der Waals surface area contributed by atoms with Crippen molar-refractivity contribution in [3.8, 4) is 0 Å². The van der Waals surface area contributed by atoms with Crippen LogP contribution in [0.4, 0.5) is 0 Å². The molecule has 12 heavy (non-hydrogen) atoms. The average Bonchev–Trinajstić information content (AvgIpc) is 2.30. The standard InChI is InChI=1S/C8H14N2O2/c1-9-6-2-3-7(9)5-8(4-6)10(11)12/h6-8H,2-5H2,1H3. The summed E-state index contributed by atoms with van der Waals surface area (Å²) in [6.45, 7) is 0. The Morgan fingerprint density at radius 2 is 1.83 bits per heavy atom. The van der Waals surface area contributed by atoms with Crippen LogP contribution in [0.2, 0.25) is 0 Å². The molecule has 0 aromatic carbocycles. The van der Waals surface area contributed by atoms with Gasteiger partial charge in [0.15, 0.2) is 0 Å². The van der Waals surface area contributed by atoms with Crippen molar-refractivity contribution in [1.29, 1.82) is 0 Å². The molecule has 4 heteroatoms. The zero-order valence-corrected chi connectivity index (χ0v) is 7.27. The molecule has 0 N–H and O–H groups in total. The third kappa shape index (κ3) is 1.10. The van der Waals surface area contributed by atoms with Crippen molar-refractivity contribution in [1.82, 2.24) is 4.90 Å². The van der Waals surface area contributed by atoms with E-state index in [1.807, 2.05) is 0 Å². The maximum atomic E-state index is 10.6. The number of nitrogens with zero attached hydrogens (tertiary/aromatic N) is 2. The minimum Gasteiger partial charge on any atom is -0.300 e. The van der Waals surface area contributed by atoms with E-state index in [0.717, 1.165) is 25.7 Å². The largest absolute Gasteiger partial charge is 0.300 e. The number of nitro groups is 1. The zero-order chi connectivity index (χ0) is 8.72. The first-order valence-corrected chi connectivity index (χ1v) is 4.54. The Kier molecular flexibility index (Phi) is 1.79. The highest BCUT2D eigenvalue weighted by Gasteiger charge is 2.42. The van der Waals surface area contributed by atoms with Gasteiger partial charge in [-0.05, 0) is 19.9 Å². The molecular formula is C8H14N2O2. The van der Waals surface area contributed by atoms with Crippen LogP contribution in [-0.4, -0.2) is 35.0 Å². The minimum atomic E-state index is -0.265. The second-order valence-corrected chi connectivity index (χ2v) is 3.96. The fourth-order valence-corrected chi connectivity index (χ4v) is 2.55. The fourth-order valence-electron chi connectivity index (χ4n) is 2.55. The Morgan fingerprint density at radius 1 is 1.33 bits per heavy atom. The molecule has 4 nitrogen and oxygen atoms in total. The maximum Gasteiger partial charge on any atom is 0.216 e. The molecule has 2 saturated heterocycles. The first-order valence-electron chi connectivity index (χ1n) is 4.54. The van der Waals surface area contributed by atoms with Crippen LogP contribution in [0.15, 0.2) is 0 Å². The first-order chi connectivity index (χ1) is 5.68. The van der Waals surface area contributed by atoms with Crippen LogP contribution < -0.4 is 0 Å². The Hall–Kier alpha value is -0.640. The van der Waals surface area contributed by atoms with Crippen LogP contribution in [0.25, 0.3) is 0 Å². The van der Waals surface area contributed by atoms with Gasteiger partial charge < -0.3 is 0 Å². The van der Waals surface area contributed by atoms with E-state index in [0.29, 0.717) is 12.1 Å². The molecule has 0 aliphatic carbocycles. The van der Waals surface area contributed by atoms with Gasteiger partial charge in [0.1, 0.15) is 0 Å². The molecular weight excluding hydrogens is 156 g/mol. The van der Waals surface area contributed by atoms with Gasteiger partial charge in [-0.2, -0.15) is 0 Å². The minimum absolute atomic E-state index is 0.0989. The normalized spacial score (nSPS) is 41.6. The molecule has 2 heterocycles. The number of piperidine rings is 1. The van der Waals surface area contributed by atoms with Gasteiger partial charge in [0, 0.05) is 29.8 Å². The predicted molar refractivity (Wildman–Crippen MR) is 44.6 cm³/mol. The highest BCUT2D eigenvalue weighted by molar-refractivity contribution is 4.93. The smallest absolute Gasteiger partial charge is 0.216 e.